The van der Waals surface area contributed by atoms with Gasteiger partial charge in [-0.2, -0.15) is 0 Å². The highest BCUT2D eigenvalue weighted by Crippen LogP contribution is 2.19. The number of hydrogen-bond acceptors (Lipinski definition) is 5. The number of aryl methyl sites for hydroxylation is 1. The predicted molar refractivity (Wildman–Crippen MR) is 115 cm³/mol. The number of amides is 3. The maximum Gasteiger partial charge on any atom is 0.248 e. The van der Waals surface area contributed by atoms with Crippen LogP contribution in [0.4, 0.5) is 11.5 Å². The van der Waals surface area contributed by atoms with Crippen LogP contribution in [-0.4, -0.2) is 47.2 Å². The molecule has 3 rings (SSSR count). The molecule has 1 aliphatic heterocycles. The molecule has 1 fully saturated rings. The fourth-order valence-corrected chi connectivity index (χ4v) is 3.45. The first kappa shape index (κ1) is 21.4. The van der Waals surface area contributed by atoms with Crippen LogP contribution >= 0.6 is 0 Å². The number of hydrogen-bond donors (Lipinski definition) is 3. The van der Waals surface area contributed by atoms with E-state index in [-0.39, 0.29) is 17.7 Å². The van der Waals surface area contributed by atoms with E-state index in [1.54, 1.807) is 30.5 Å². The number of aromatic nitrogens is 1. The summed E-state index contributed by atoms with van der Waals surface area (Å²) in [4.78, 5) is 42.1. The molecule has 2 heterocycles. The molecular formula is C22H27N5O3. The summed E-state index contributed by atoms with van der Waals surface area (Å²) in [6.45, 7) is 4.15. The maximum absolute atomic E-state index is 12.5. The highest BCUT2D eigenvalue weighted by Gasteiger charge is 2.25. The zero-order chi connectivity index (χ0) is 21.5. The van der Waals surface area contributed by atoms with E-state index in [2.05, 4.69) is 20.5 Å². The van der Waals surface area contributed by atoms with Crippen LogP contribution in [0.25, 0.3) is 0 Å². The Morgan fingerprint density at radius 2 is 1.80 bits per heavy atom. The molecule has 1 saturated heterocycles. The van der Waals surface area contributed by atoms with Crippen molar-refractivity contribution >= 4 is 29.2 Å². The van der Waals surface area contributed by atoms with Crippen LogP contribution in [0.1, 0.15) is 35.2 Å². The molecule has 0 aliphatic carbocycles. The summed E-state index contributed by atoms with van der Waals surface area (Å²) in [5, 5.41) is 5.71. The Balaban J connectivity index is 1.38. The lowest BCUT2D eigenvalue weighted by atomic mass is 9.96. The van der Waals surface area contributed by atoms with E-state index < -0.39 is 5.91 Å². The molecule has 4 N–H and O–H groups in total. The summed E-state index contributed by atoms with van der Waals surface area (Å²) in [5.74, 6) is -0.0404. The topological polar surface area (TPSA) is 117 Å². The lowest BCUT2D eigenvalue weighted by Crippen LogP contribution is -2.39. The molecular weight excluding hydrogens is 382 g/mol. The number of carbonyl (C=O) groups excluding carboxylic acids is 3. The molecule has 1 aliphatic rings. The Labute approximate surface area is 175 Å². The van der Waals surface area contributed by atoms with Crippen LogP contribution in [0.5, 0.6) is 0 Å². The average molecular weight is 409 g/mol. The second-order valence-corrected chi connectivity index (χ2v) is 7.56. The van der Waals surface area contributed by atoms with Crippen LogP contribution < -0.4 is 16.4 Å². The van der Waals surface area contributed by atoms with Gasteiger partial charge in [-0.25, -0.2) is 4.98 Å². The van der Waals surface area contributed by atoms with Gasteiger partial charge in [0.1, 0.15) is 5.82 Å². The van der Waals surface area contributed by atoms with Crippen LogP contribution in [0.3, 0.4) is 0 Å². The average Bonchev–Trinajstić information content (AvgIpc) is 2.73. The second-order valence-electron chi connectivity index (χ2n) is 7.56. The number of anilines is 2. The van der Waals surface area contributed by atoms with Crippen molar-refractivity contribution in [3.63, 3.8) is 0 Å². The van der Waals surface area contributed by atoms with Crippen molar-refractivity contribution in [1.29, 1.82) is 0 Å². The summed E-state index contributed by atoms with van der Waals surface area (Å²) in [6, 6.07) is 10.2. The summed E-state index contributed by atoms with van der Waals surface area (Å²) >= 11 is 0. The number of likely N-dealkylation sites (tertiary alicyclic amines) is 1. The number of primary amides is 1. The van der Waals surface area contributed by atoms with Crippen molar-refractivity contribution in [3.8, 4) is 0 Å². The van der Waals surface area contributed by atoms with Crippen LogP contribution in [0.15, 0.2) is 42.6 Å². The number of nitrogens with zero attached hydrogens (tertiary/aromatic N) is 2. The minimum Gasteiger partial charge on any atom is -0.366 e. The highest BCUT2D eigenvalue weighted by molar-refractivity contribution is 5.95. The van der Waals surface area contributed by atoms with Gasteiger partial charge in [0.15, 0.2) is 0 Å². The Bertz CT molecular complexity index is 905. The first-order chi connectivity index (χ1) is 14.4. The SMILES string of the molecule is Cc1ccnc(NC(=O)C2CCN(CCC(=O)Nc3ccc(C(N)=O)cc3)CC2)c1. The summed E-state index contributed by atoms with van der Waals surface area (Å²) in [6.07, 6.45) is 3.56. The zero-order valence-electron chi connectivity index (χ0n) is 17.1. The number of rotatable bonds is 7. The minimum atomic E-state index is -0.500. The van der Waals surface area contributed by atoms with Gasteiger partial charge in [-0.3, -0.25) is 14.4 Å². The first-order valence-corrected chi connectivity index (χ1v) is 10.1. The molecule has 1 aromatic heterocycles. The summed E-state index contributed by atoms with van der Waals surface area (Å²) in [5.41, 5.74) is 7.29. The van der Waals surface area contributed by atoms with Crippen molar-refractivity contribution in [2.75, 3.05) is 30.3 Å². The van der Waals surface area contributed by atoms with Gasteiger partial charge < -0.3 is 21.3 Å². The Hall–Kier alpha value is -3.26. The van der Waals surface area contributed by atoms with E-state index >= 15 is 0 Å². The van der Waals surface area contributed by atoms with Crippen LogP contribution in [0, 0.1) is 12.8 Å². The maximum atomic E-state index is 12.5. The van der Waals surface area contributed by atoms with E-state index in [0.717, 1.165) is 31.5 Å². The number of nitrogens with one attached hydrogen (secondary N) is 2. The fourth-order valence-electron chi connectivity index (χ4n) is 3.45. The van der Waals surface area contributed by atoms with Gasteiger partial charge >= 0.3 is 0 Å². The smallest absolute Gasteiger partial charge is 0.248 e. The third-order valence-electron chi connectivity index (χ3n) is 5.23. The molecule has 3 amide bonds. The van der Waals surface area contributed by atoms with E-state index in [4.69, 9.17) is 5.73 Å². The largest absolute Gasteiger partial charge is 0.366 e. The van der Waals surface area contributed by atoms with Crippen molar-refractivity contribution < 1.29 is 14.4 Å². The van der Waals surface area contributed by atoms with Gasteiger partial charge in [0, 0.05) is 36.3 Å². The third kappa shape index (κ3) is 6.12. The number of nitrogens with two attached hydrogens (primary N) is 1. The van der Waals surface area contributed by atoms with Crippen LogP contribution in [-0.2, 0) is 9.59 Å². The molecule has 1 aromatic carbocycles. The standard InChI is InChI=1S/C22H27N5O3/c1-15-6-10-24-19(14-15)26-22(30)17-7-11-27(12-8-17)13-9-20(28)25-18-4-2-16(3-5-18)21(23)29/h2-6,10,14,17H,7-9,11-13H2,1H3,(H2,23,29)(H,25,28)(H,24,26,30). The fraction of sp³-hybridized carbons (Fsp3) is 0.364. The summed E-state index contributed by atoms with van der Waals surface area (Å²) < 4.78 is 0. The van der Waals surface area contributed by atoms with Crippen molar-refractivity contribution in [2.24, 2.45) is 11.7 Å². The zero-order valence-corrected chi connectivity index (χ0v) is 17.1. The lowest BCUT2D eigenvalue weighted by molar-refractivity contribution is -0.121. The molecule has 158 valence electrons. The molecule has 0 saturated carbocycles. The molecule has 0 unspecified atom stereocenters. The Morgan fingerprint density at radius 3 is 2.43 bits per heavy atom. The number of benzene rings is 1. The molecule has 0 spiro atoms. The van der Waals surface area contributed by atoms with Gasteiger partial charge in [-0.15, -0.1) is 0 Å². The van der Waals surface area contributed by atoms with Crippen LogP contribution in [0.2, 0.25) is 0 Å². The number of carbonyl (C=O) groups is 3. The van der Waals surface area contributed by atoms with Crippen molar-refractivity contribution in [1.82, 2.24) is 9.88 Å². The Kier molecular flexibility index (Phi) is 7.13. The molecule has 2 aromatic rings. The van der Waals surface area contributed by atoms with E-state index in [9.17, 15) is 14.4 Å². The Morgan fingerprint density at radius 1 is 1.10 bits per heavy atom. The minimum absolute atomic E-state index is 0.00454. The molecule has 0 radical (unpaired) electrons. The van der Waals surface area contributed by atoms with Gasteiger partial charge in [0.05, 0.1) is 0 Å². The molecule has 30 heavy (non-hydrogen) atoms. The van der Waals surface area contributed by atoms with E-state index in [1.165, 1.54) is 0 Å². The molecule has 8 nitrogen and oxygen atoms in total. The lowest BCUT2D eigenvalue weighted by Gasteiger charge is -2.31. The van der Waals surface area contributed by atoms with Gasteiger partial charge in [-0.1, -0.05) is 0 Å². The quantitative estimate of drug-likeness (QED) is 0.648. The number of pyridine rings is 1. The molecule has 0 bridgehead atoms. The predicted octanol–water partition coefficient (Wildman–Crippen LogP) is 2.17. The van der Waals surface area contributed by atoms with Crippen molar-refractivity contribution in [2.45, 2.75) is 26.2 Å². The monoisotopic (exact) mass is 409 g/mol. The second kappa shape index (κ2) is 9.98. The van der Waals surface area contributed by atoms with Gasteiger partial charge in [0.2, 0.25) is 17.7 Å². The first-order valence-electron chi connectivity index (χ1n) is 10.1. The highest BCUT2D eigenvalue weighted by atomic mass is 16.2. The third-order valence-corrected chi connectivity index (χ3v) is 5.23. The van der Waals surface area contributed by atoms with E-state index in [0.29, 0.717) is 30.0 Å². The van der Waals surface area contributed by atoms with Gasteiger partial charge in [-0.05, 0) is 74.8 Å². The molecule has 8 heteroatoms. The van der Waals surface area contributed by atoms with E-state index in [1.807, 2.05) is 19.1 Å². The number of piperidine rings is 1. The molecule has 0 atom stereocenters. The van der Waals surface area contributed by atoms with Gasteiger partial charge in [0.25, 0.3) is 0 Å². The van der Waals surface area contributed by atoms with Crippen molar-refractivity contribution in [3.05, 3.63) is 53.7 Å². The summed E-state index contributed by atoms with van der Waals surface area (Å²) in [7, 11) is 0. The normalized spacial score (nSPS) is 14.8.